The average molecular weight is 297 g/mol. The Morgan fingerprint density at radius 1 is 1.53 bits per heavy atom. The highest BCUT2D eigenvalue weighted by atomic mass is 79.9. The molecule has 1 aromatic rings. The van der Waals surface area contributed by atoms with Crippen LogP contribution in [-0.4, -0.2) is 25.0 Å². The largest absolute Gasteiger partial charge is 0.311 e. The van der Waals surface area contributed by atoms with Gasteiger partial charge in [0.05, 0.1) is 6.04 Å². The van der Waals surface area contributed by atoms with Crippen molar-refractivity contribution in [1.29, 1.82) is 0 Å². The molecule has 4 heteroatoms. The van der Waals surface area contributed by atoms with E-state index in [1.54, 1.807) is 0 Å². The summed E-state index contributed by atoms with van der Waals surface area (Å²) in [6.07, 6.45) is 1.99. The molecule has 2 rings (SSSR count). The van der Waals surface area contributed by atoms with Gasteiger partial charge in [-0.05, 0) is 37.6 Å². The van der Waals surface area contributed by atoms with Gasteiger partial charge < -0.3 is 10.2 Å². The monoisotopic (exact) mass is 296 g/mol. The van der Waals surface area contributed by atoms with Crippen LogP contribution in [-0.2, 0) is 4.79 Å². The van der Waals surface area contributed by atoms with Gasteiger partial charge in [0.1, 0.15) is 0 Å². The van der Waals surface area contributed by atoms with Crippen molar-refractivity contribution in [2.45, 2.75) is 25.8 Å². The van der Waals surface area contributed by atoms with E-state index in [1.807, 2.05) is 36.1 Å². The molecule has 1 N–H and O–H groups in total. The molecule has 1 unspecified atom stereocenters. The second-order valence-corrected chi connectivity index (χ2v) is 5.14. The molecular formula is C13H17BrN2O. The predicted molar refractivity (Wildman–Crippen MR) is 73.2 cm³/mol. The number of nitrogens with zero attached hydrogens (tertiary/aromatic N) is 1. The zero-order valence-corrected chi connectivity index (χ0v) is 11.5. The Morgan fingerprint density at radius 2 is 2.35 bits per heavy atom. The zero-order chi connectivity index (χ0) is 12.3. The number of hydrogen-bond acceptors (Lipinski definition) is 2. The number of amides is 1. The molecular weight excluding hydrogens is 280 g/mol. The number of hydrogen-bond donors (Lipinski definition) is 1. The van der Waals surface area contributed by atoms with E-state index in [0.717, 1.165) is 36.1 Å². The lowest BCUT2D eigenvalue weighted by molar-refractivity contribution is -0.121. The molecule has 0 saturated carbocycles. The summed E-state index contributed by atoms with van der Waals surface area (Å²) in [6, 6.07) is 7.89. The van der Waals surface area contributed by atoms with E-state index in [1.165, 1.54) is 0 Å². The topological polar surface area (TPSA) is 32.3 Å². The van der Waals surface area contributed by atoms with Crippen LogP contribution >= 0.6 is 15.9 Å². The van der Waals surface area contributed by atoms with Crippen LogP contribution in [0.4, 0.5) is 5.69 Å². The van der Waals surface area contributed by atoms with Gasteiger partial charge in [0.2, 0.25) is 5.91 Å². The van der Waals surface area contributed by atoms with E-state index in [4.69, 9.17) is 0 Å². The molecule has 1 aliphatic heterocycles. The highest BCUT2D eigenvalue weighted by Crippen LogP contribution is 2.24. The third-order valence-electron chi connectivity index (χ3n) is 3.01. The Labute approximate surface area is 110 Å². The quantitative estimate of drug-likeness (QED) is 0.930. The van der Waals surface area contributed by atoms with Crippen molar-refractivity contribution >= 4 is 27.5 Å². The summed E-state index contributed by atoms with van der Waals surface area (Å²) in [7, 11) is 0. The molecule has 1 aromatic carbocycles. The van der Waals surface area contributed by atoms with Crippen molar-refractivity contribution in [3.8, 4) is 0 Å². The first-order valence-corrected chi connectivity index (χ1v) is 6.82. The Kier molecular flexibility index (Phi) is 4.18. The third kappa shape index (κ3) is 2.87. The van der Waals surface area contributed by atoms with E-state index < -0.39 is 0 Å². The van der Waals surface area contributed by atoms with Crippen molar-refractivity contribution in [2.75, 3.05) is 18.0 Å². The fourth-order valence-electron chi connectivity index (χ4n) is 2.21. The van der Waals surface area contributed by atoms with Crippen LogP contribution in [0.25, 0.3) is 0 Å². The number of rotatable bonds is 3. The fourth-order valence-corrected chi connectivity index (χ4v) is 2.60. The van der Waals surface area contributed by atoms with Crippen molar-refractivity contribution in [2.24, 2.45) is 0 Å². The van der Waals surface area contributed by atoms with E-state index in [-0.39, 0.29) is 11.9 Å². The Morgan fingerprint density at radius 3 is 3.06 bits per heavy atom. The van der Waals surface area contributed by atoms with Crippen molar-refractivity contribution in [1.82, 2.24) is 5.32 Å². The smallest absolute Gasteiger partial charge is 0.244 e. The van der Waals surface area contributed by atoms with Crippen molar-refractivity contribution < 1.29 is 4.79 Å². The van der Waals surface area contributed by atoms with Crippen LogP contribution in [0, 0.1) is 0 Å². The summed E-state index contributed by atoms with van der Waals surface area (Å²) >= 11 is 3.44. The van der Waals surface area contributed by atoms with Gasteiger partial charge in [0, 0.05) is 16.7 Å². The summed E-state index contributed by atoms with van der Waals surface area (Å²) in [5, 5.41) is 3.25. The van der Waals surface area contributed by atoms with Crippen molar-refractivity contribution in [3.63, 3.8) is 0 Å². The first-order valence-electron chi connectivity index (χ1n) is 6.02. The Hall–Kier alpha value is -0.870. The minimum absolute atomic E-state index is 0.0206. The lowest BCUT2D eigenvalue weighted by atomic mass is 10.0. The van der Waals surface area contributed by atoms with Gasteiger partial charge in [-0.15, -0.1) is 0 Å². The summed E-state index contributed by atoms with van der Waals surface area (Å²) in [5.74, 6) is 0.191. The van der Waals surface area contributed by atoms with Gasteiger partial charge in [-0.2, -0.15) is 0 Å². The van der Waals surface area contributed by atoms with E-state index in [2.05, 4.69) is 21.2 Å². The standard InChI is InChI=1S/C13H17BrN2O/c1-2-15-12-7-4-8-16(13(12)17)11-6-3-5-10(14)9-11/h3,5-6,9,12,15H,2,4,7-8H2,1H3. The first-order chi connectivity index (χ1) is 8.22. The van der Waals surface area contributed by atoms with Gasteiger partial charge >= 0.3 is 0 Å². The van der Waals surface area contributed by atoms with Crippen LogP contribution in [0.15, 0.2) is 28.7 Å². The highest BCUT2D eigenvalue weighted by molar-refractivity contribution is 9.10. The normalized spacial score (nSPS) is 20.7. The molecule has 1 atom stereocenters. The van der Waals surface area contributed by atoms with Gasteiger partial charge in [-0.1, -0.05) is 28.9 Å². The number of halogens is 1. The molecule has 1 heterocycles. The Balaban J connectivity index is 2.17. The summed E-state index contributed by atoms with van der Waals surface area (Å²) < 4.78 is 1.01. The Bertz CT molecular complexity index is 406. The molecule has 0 radical (unpaired) electrons. The zero-order valence-electron chi connectivity index (χ0n) is 9.95. The number of carbonyl (C=O) groups excluding carboxylic acids is 1. The van der Waals surface area contributed by atoms with Gasteiger partial charge in [-0.25, -0.2) is 0 Å². The number of piperidine rings is 1. The summed E-state index contributed by atoms with van der Waals surface area (Å²) in [4.78, 5) is 14.2. The van der Waals surface area contributed by atoms with Crippen LogP contribution in [0.3, 0.4) is 0 Å². The molecule has 0 bridgehead atoms. The third-order valence-corrected chi connectivity index (χ3v) is 3.50. The summed E-state index contributed by atoms with van der Waals surface area (Å²) in [5.41, 5.74) is 0.979. The number of benzene rings is 1. The molecule has 0 spiro atoms. The molecule has 0 aromatic heterocycles. The minimum atomic E-state index is -0.0206. The lowest BCUT2D eigenvalue weighted by Crippen LogP contribution is -2.50. The number of nitrogens with one attached hydrogen (secondary N) is 1. The number of carbonyl (C=O) groups is 1. The molecule has 1 aliphatic rings. The maximum Gasteiger partial charge on any atom is 0.244 e. The molecule has 0 aliphatic carbocycles. The number of anilines is 1. The fraction of sp³-hybridized carbons (Fsp3) is 0.462. The SMILES string of the molecule is CCNC1CCCN(c2cccc(Br)c2)C1=O. The molecule has 1 fully saturated rings. The van der Waals surface area contributed by atoms with Crippen LogP contribution in [0.1, 0.15) is 19.8 Å². The molecule has 1 saturated heterocycles. The van der Waals surface area contributed by atoms with Crippen LogP contribution in [0.5, 0.6) is 0 Å². The summed E-state index contributed by atoms with van der Waals surface area (Å²) in [6.45, 7) is 3.69. The van der Waals surface area contributed by atoms with Crippen LogP contribution < -0.4 is 10.2 Å². The molecule has 3 nitrogen and oxygen atoms in total. The van der Waals surface area contributed by atoms with Gasteiger partial charge in [-0.3, -0.25) is 4.79 Å². The highest BCUT2D eigenvalue weighted by Gasteiger charge is 2.28. The molecule has 1 amide bonds. The van der Waals surface area contributed by atoms with E-state index >= 15 is 0 Å². The maximum absolute atomic E-state index is 12.3. The second-order valence-electron chi connectivity index (χ2n) is 4.22. The first kappa shape index (κ1) is 12.6. The maximum atomic E-state index is 12.3. The molecule has 17 heavy (non-hydrogen) atoms. The van der Waals surface area contributed by atoms with Crippen LogP contribution in [0.2, 0.25) is 0 Å². The van der Waals surface area contributed by atoms with Gasteiger partial charge in [0.15, 0.2) is 0 Å². The van der Waals surface area contributed by atoms with E-state index in [0.29, 0.717) is 0 Å². The van der Waals surface area contributed by atoms with Gasteiger partial charge in [0.25, 0.3) is 0 Å². The average Bonchev–Trinajstić information content (AvgIpc) is 2.32. The van der Waals surface area contributed by atoms with E-state index in [9.17, 15) is 4.79 Å². The predicted octanol–water partition coefficient (Wildman–Crippen LogP) is 2.55. The lowest BCUT2D eigenvalue weighted by Gasteiger charge is -2.32. The minimum Gasteiger partial charge on any atom is -0.311 e. The second kappa shape index (κ2) is 5.65. The van der Waals surface area contributed by atoms with Crippen molar-refractivity contribution in [3.05, 3.63) is 28.7 Å². The molecule has 92 valence electrons. The number of likely N-dealkylation sites (N-methyl/N-ethyl adjacent to an activating group) is 1.